The van der Waals surface area contributed by atoms with E-state index in [2.05, 4.69) is 5.09 Å². The quantitative estimate of drug-likeness (QED) is 0.648. The van der Waals surface area contributed by atoms with Crippen LogP contribution in [0.1, 0.15) is 6.42 Å². The molecular weight excluding hydrogens is 331 g/mol. The van der Waals surface area contributed by atoms with Crippen LogP contribution in [0.4, 0.5) is 0 Å². The third-order valence-corrected chi connectivity index (χ3v) is 7.59. The SMILES string of the molecule is NC(=O)C[C@H](NP(=S)(c1ccccc1)c1ccccc1)C(=O)O. The van der Waals surface area contributed by atoms with Gasteiger partial charge >= 0.3 is 5.97 Å². The first-order chi connectivity index (χ1) is 10.9. The van der Waals surface area contributed by atoms with Gasteiger partial charge in [-0.05, 0) is 0 Å². The summed E-state index contributed by atoms with van der Waals surface area (Å²) in [6.45, 7) is 0. The van der Waals surface area contributed by atoms with Crippen LogP contribution in [0.25, 0.3) is 0 Å². The fraction of sp³-hybridized carbons (Fsp3) is 0.125. The number of hydrogen-bond donors (Lipinski definition) is 3. The predicted molar refractivity (Wildman–Crippen MR) is 94.8 cm³/mol. The molecule has 0 aliphatic rings. The molecule has 0 unspecified atom stereocenters. The zero-order valence-electron chi connectivity index (χ0n) is 12.3. The van der Waals surface area contributed by atoms with Crippen molar-refractivity contribution in [2.75, 3.05) is 0 Å². The Kier molecular flexibility index (Phi) is 5.66. The zero-order chi connectivity index (χ0) is 16.9. The molecule has 5 nitrogen and oxygen atoms in total. The smallest absolute Gasteiger partial charge is 0.321 e. The number of nitrogens with one attached hydrogen (secondary N) is 1. The molecule has 4 N–H and O–H groups in total. The molecule has 0 bridgehead atoms. The predicted octanol–water partition coefficient (Wildman–Crippen LogP) is 0.950. The summed E-state index contributed by atoms with van der Waals surface area (Å²) in [4.78, 5) is 22.6. The van der Waals surface area contributed by atoms with Crippen LogP contribution in [0.2, 0.25) is 0 Å². The van der Waals surface area contributed by atoms with E-state index in [1.165, 1.54) is 0 Å². The van der Waals surface area contributed by atoms with E-state index in [0.717, 1.165) is 10.6 Å². The van der Waals surface area contributed by atoms with Crippen LogP contribution < -0.4 is 21.4 Å². The van der Waals surface area contributed by atoms with Crippen LogP contribution in [0.3, 0.4) is 0 Å². The van der Waals surface area contributed by atoms with Crippen molar-refractivity contribution >= 4 is 40.5 Å². The minimum absolute atomic E-state index is 0.312. The van der Waals surface area contributed by atoms with Gasteiger partial charge in [0, 0.05) is 10.6 Å². The molecule has 2 aromatic rings. The van der Waals surface area contributed by atoms with Crippen molar-refractivity contribution in [2.24, 2.45) is 5.73 Å². The lowest BCUT2D eigenvalue weighted by molar-refractivity contribution is -0.140. The van der Waals surface area contributed by atoms with Gasteiger partial charge in [-0.15, -0.1) is 0 Å². The number of carbonyl (C=O) groups excluding carboxylic acids is 1. The summed E-state index contributed by atoms with van der Waals surface area (Å²) in [5.74, 6) is -1.84. The molecule has 0 saturated carbocycles. The maximum absolute atomic E-state index is 11.5. The summed E-state index contributed by atoms with van der Waals surface area (Å²) >= 11 is 5.87. The Bertz CT molecular complexity index is 694. The van der Waals surface area contributed by atoms with Gasteiger partial charge in [0.25, 0.3) is 0 Å². The normalized spacial score (nSPS) is 12.5. The third-order valence-electron chi connectivity index (χ3n) is 3.28. The fourth-order valence-electron chi connectivity index (χ4n) is 2.18. The number of carbonyl (C=O) groups is 2. The molecule has 0 radical (unpaired) electrons. The van der Waals surface area contributed by atoms with Crippen LogP contribution in [0, 0.1) is 0 Å². The van der Waals surface area contributed by atoms with E-state index in [9.17, 15) is 14.7 Å². The molecule has 0 fully saturated rings. The van der Waals surface area contributed by atoms with Crippen molar-refractivity contribution in [2.45, 2.75) is 12.5 Å². The summed E-state index contributed by atoms with van der Waals surface area (Å²) in [6.07, 6.45) is -2.91. The van der Waals surface area contributed by atoms with Gasteiger partial charge in [-0.3, -0.25) is 14.7 Å². The van der Waals surface area contributed by atoms with Gasteiger partial charge in [-0.2, -0.15) is 0 Å². The molecule has 0 saturated heterocycles. The topological polar surface area (TPSA) is 92.4 Å². The molecule has 0 aliphatic carbocycles. The average Bonchev–Trinajstić information content (AvgIpc) is 2.55. The number of primary amides is 1. The Morgan fingerprint density at radius 1 is 1.04 bits per heavy atom. The molecule has 7 heteroatoms. The second-order valence-electron chi connectivity index (χ2n) is 4.97. The van der Waals surface area contributed by atoms with E-state index in [4.69, 9.17) is 17.5 Å². The maximum atomic E-state index is 11.5. The van der Waals surface area contributed by atoms with Crippen LogP contribution in [-0.4, -0.2) is 23.0 Å². The van der Waals surface area contributed by atoms with Gasteiger partial charge in [-0.1, -0.05) is 72.5 Å². The van der Waals surface area contributed by atoms with Gasteiger partial charge < -0.3 is 10.8 Å². The third kappa shape index (κ3) is 4.26. The van der Waals surface area contributed by atoms with Gasteiger partial charge in [0.1, 0.15) is 6.04 Å². The molecule has 120 valence electrons. The molecule has 2 aromatic carbocycles. The minimum Gasteiger partial charge on any atom is -0.480 e. The van der Waals surface area contributed by atoms with Crippen molar-refractivity contribution in [3.8, 4) is 0 Å². The molecule has 0 heterocycles. The van der Waals surface area contributed by atoms with E-state index in [1.807, 2.05) is 60.7 Å². The fourth-order valence-corrected chi connectivity index (χ4v) is 5.72. The second-order valence-corrected chi connectivity index (χ2v) is 9.12. The average molecular weight is 348 g/mol. The van der Waals surface area contributed by atoms with Gasteiger partial charge in [0.2, 0.25) is 5.91 Å². The van der Waals surface area contributed by atoms with Gasteiger partial charge in [-0.25, -0.2) is 0 Å². The Balaban J connectivity index is 2.48. The number of amides is 1. The highest BCUT2D eigenvalue weighted by atomic mass is 32.4. The first-order valence-electron chi connectivity index (χ1n) is 6.93. The summed E-state index contributed by atoms with van der Waals surface area (Å²) in [5.41, 5.74) is 5.16. The number of carboxylic acid groups (broad SMARTS) is 1. The summed E-state index contributed by atoms with van der Waals surface area (Å²) in [6, 6.07) is 17.5. The summed E-state index contributed by atoms with van der Waals surface area (Å²) in [5, 5.41) is 14.1. The van der Waals surface area contributed by atoms with Crippen molar-refractivity contribution in [1.29, 1.82) is 0 Å². The van der Waals surface area contributed by atoms with Gasteiger partial charge in [0.15, 0.2) is 0 Å². The highest BCUT2D eigenvalue weighted by Crippen LogP contribution is 2.40. The van der Waals surface area contributed by atoms with Crippen molar-refractivity contribution in [1.82, 2.24) is 5.09 Å². The van der Waals surface area contributed by atoms with E-state index in [1.54, 1.807) is 0 Å². The van der Waals surface area contributed by atoms with Gasteiger partial charge in [0.05, 0.1) is 12.6 Å². The summed E-state index contributed by atoms with van der Waals surface area (Å²) < 4.78 is 0. The molecule has 0 aromatic heterocycles. The van der Waals surface area contributed by atoms with Crippen LogP contribution >= 0.6 is 6.19 Å². The number of nitrogens with two attached hydrogens (primary N) is 1. The van der Waals surface area contributed by atoms with Crippen LogP contribution in [0.5, 0.6) is 0 Å². The second kappa shape index (κ2) is 7.51. The number of rotatable bonds is 7. The number of benzene rings is 2. The van der Waals surface area contributed by atoms with E-state index >= 15 is 0 Å². The maximum Gasteiger partial charge on any atom is 0.321 e. The molecule has 0 aliphatic heterocycles. The lowest BCUT2D eigenvalue weighted by Gasteiger charge is -2.27. The Morgan fingerprint density at radius 3 is 1.83 bits per heavy atom. The Labute approximate surface area is 139 Å². The van der Waals surface area contributed by atoms with E-state index < -0.39 is 24.1 Å². The molecule has 0 spiro atoms. The lowest BCUT2D eigenvalue weighted by Crippen LogP contribution is -2.42. The van der Waals surface area contributed by atoms with Crippen molar-refractivity contribution in [3.05, 3.63) is 60.7 Å². The molecular formula is C16H17N2O3PS. The summed E-state index contributed by atoms with van der Waals surface area (Å²) in [7, 11) is 0. The first-order valence-corrected chi connectivity index (χ1v) is 9.74. The molecule has 23 heavy (non-hydrogen) atoms. The van der Waals surface area contributed by atoms with Crippen LogP contribution in [-0.2, 0) is 21.4 Å². The minimum atomic E-state index is -2.60. The Hall–Kier alpha value is -2.01. The highest BCUT2D eigenvalue weighted by Gasteiger charge is 2.30. The van der Waals surface area contributed by atoms with Crippen LogP contribution in [0.15, 0.2) is 60.7 Å². The standard InChI is InChI=1S/C16H17N2O3PS/c17-15(19)11-14(16(20)21)18-22(23,12-7-3-1-4-8-12)13-9-5-2-6-10-13/h1-10,14H,11H2,(H2,17,19)(H,18,23)(H,20,21)/t14-/m0/s1. The number of hydrogen-bond acceptors (Lipinski definition) is 3. The number of aliphatic carboxylic acids is 1. The molecule has 2 rings (SSSR count). The largest absolute Gasteiger partial charge is 0.480 e. The number of carboxylic acids is 1. The first kappa shape index (κ1) is 17.3. The van der Waals surface area contributed by atoms with Crippen molar-refractivity contribution < 1.29 is 14.7 Å². The highest BCUT2D eigenvalue weighted by molar-refractivity contribution is 8.20. The van der Waals surface area contributed by atoms with Crippen molar-refractivity contribution in [3.63, 3.8) is 0 Å². The monoisotopic (exact) mass is 348 g/mol. The Morgan fingerprint density at radius 2 is 1.48 bits per heavy atom. The zero-order valence-corrected chi connectivity index (χ0v) is 14.0. The lowest BCUT2D eigenvalue weighted by atomic mass is 10.2. The van der Waals surface area contributed by atoms with E-state index in [-0.39, 0.29) is 6.42 Å². The molecule has 1 atom stereocenters. The molecule has 1 amide bonds. The van der Waals surface area contributed by atoms with E-state index in [0.29, 0.717) is 0 Å².